The smallest absolute Gasteiger partial charge is 0.309 e. The van der Waals surface area contributed by atoms with Crippen LogP contribution in [0.1, 0.15) is 22.7 Å². The number of rotatable bonds is 3. The van der Waals surface area contributed by atoms with Gasteiger partial charge in [0.05, 0.1) is 11.6 Å². The molecule has 0 saturated carbocycles. The van der Waals surface area contributed by atoms with E-state index in [0.717, 1.165) is 6.07 Å². The monoisotopic (exact) mass is 283 g/mol. The minimum Gasteiger partial charge on any atom is -0.309 e. The molecule has 0 radical (unpaired) electrons. The second-order valence-corrected chi connectivity index (χ2v) is 4.36. The minimum absolute atomic E-state index is 0.0769. The molecule has 0 aliphatic carbocycles. The first-order chi connectivity index (χ1) is 9.43. The fourth-order valence-electron chi connectivity index (χ4n) is 2.19. The lowest BCUT2D eigenvalue weighted by Crippen LogP contribution is -2.22. The maximum atomic E-state index is 13.3. The molecule has 1 unspecified atom stereocenters. The number of benzene rings is 2. The van der Waals surface area contributed by atoms with Crippen molar-refractivity contribution in [2.45, 2.75) is 12.2 Å². The van der Waals surface area contributed by atoms with E-state index in [2.05, 4.69) is 5.32 Å². The molecule has 0 heterocycles. The lowest BCUT2D eigenvalue weighted by molar-refractivity contribution is -0.138. The SMILES string of the molecule is CNC(c1cccc(F)c1)c1ccccc1C(F)(F)F. The summed E-state index contributed by atoms with van der Waals surface area (Å²) in [4.78, 5) is 0. The molecule has 2 rings (SSSR count). The summed E-state index contributed by atoms with van der Waals surface area (Å²) in [6.45, 7) is 0. The summed E-state index contributed by atoms with van der Waals surface area (Å²) in [5.41, 5.74) is -0.194. The van der Waals surface area contributed by atoms with Gasteiger partial charge in [0.1, 0.15) is 5.82 Å². The average Bonchev–Trinajstić information content (AvgIpc) is 2.39. The van der Waals surface area contributed by atoms with Crippen molar-refractivity contribution in [2.24, 2.45) is 0 Å². The predicted molar refractivity (Wildman–Crippen MR) is 68.7 cm³/mol. The molecule has 0 aliphatic rings. The maximum absolute atomic E-state index is 13.3. The van der Waals surface area contributed by atoms with E-state index in [-0.39, 0.29) is 5.56 Å². The molecule has 2 aromatic carbocycles. The quantitative estimate of drug-likeness (QED) is 0.834. The molecule has 0 spiro atoms. The van der Waals surface area contributed by atoms with Crippen molar-refractivity contribution in [3.8, 4) is 0 Å². The van der Waals surface area contributed by atoms with Crippen LogP contribution in [0.4, 0.5) is 17.6 Å². The third-order valence-corrected chi connectivity index (χ3v) is 3.05. The zero-order valence-electron chi connectivity index (χ0n) is 10.7. The van der Waals surface area contributed by atoms with Crippen LogP contribution in [-0.4, -0.2) is 7.05 Å². The Bertz CT molecular complexity index is 592. The van der Waals surface area contributed by atoms with E-state index in [1.54, 1.807) is 13.1 Å². The fourth-order valence-corrected chi connectivity index (χ4v) is 2.19. The van der Waals surface area contributed by atoms with Crippen molar-refractivity contribution < 1.29 is 17.6 Å². The van der Waals surface area contributed by atoms with E-state index < -0.39 is 23.6 Å². The molecule has 106 valence electrons. The standard InChI is InChI=1S/C15H13F4N/c1-20-14(10-5-4-6-11(16)9-10)12-7-2-3-8-13(12)15(17,18)19/h2-9,14,20H,1H3. The summed E-state index contributed by atoms with van der Waals surface area (Å²) in [7, 11) is 1.54. The predicted octanol–water partition coefficient (Wildman–Crippen LogP) is 4.15. The second-order valence-electron chi connectivity index (χ2n) is 4.36. The van der Waals surface area contributed by atoms with Gasteiger partial charge in [-0.2, -0.15) is 13.2 Å². The third-order valence-electron chi connectivity index (χ3n) is 3.05. The lowest BCUT2D eigenvalue weighted by Gasteiger charge is -2.21. The molecule has 0 fully saturated rings. The molecule has 1 atom stereocenters. The Labute approximate surface area is 114 Å². The van der Waals surface area contributed by atoms with Crippen LogP contribution in [-0.2, 0) is 6.18 Å². The van der Waals surface area contributed by atoms with Gasteiger partial charge in [0, 0.05) is 0 Å². The van der Waals surface area contributed by atoms with Crippen LogP contribution in [0.15, 0.2) is 48.5 Å². The highest BCUT2D eigenvalue weighted by Gasteiger charge is 2.35. The van der Waals surface area contributed by atoms with Crippen molar-refractivity contribution in [1.29, 1.82) is 0 Å². The Morgan fingerprint density at radius 3 is 2.30 bits per heavy atom. The molecule has 5 heteroatoms. The summed E-state index contributed by atoms with van der Waals surface area (Å²) >= 11 is 0. The molecule has 2 aromatic rings. The van der Waals surface area contributed by atoms with Gasteiger partial charge in [-0.05, 0) is 36.4 Å². The number of halogens is 4. The Morgan fingerprint density at radius 2 is 1.70 bits per heavy atom. The third kappa shape index (κ3) is 2.99. The van der Waals surface area contributed by atoms with Crippen LogP contribution in [0, 0.1) is 5.82 Å². The Balaban J connectivity index is 2.53. The second kappa shape index (κ2) is 5.63. The van der Waals surface area contributed by atoms with E-state index in [1.807, 2.05) is 0 Å². The van der Waals surface area contributed by atoms with Gasteiger partial charge in [-0.25, -0.2) is 4.39 Å². The van der Waals surface area contributed by atoms with Gasteiger partial charge in [-0.15, -0.1) is 0 Å². The van der Waals surface area contributed by atoms with Crippen LogP contribution in [0.25, 0.3) is 0 Å². The van der Waals surface area contributed by atoms with Gasteiger partial charge >= 0.3 is 6.18 Å². The molecule has 0 aromatic heterocycles. The molecular weight excluding hydrogens is 270 g/mol. The van der Waals surface area contributed by atoms with Crippen molar-refractivity contribution in [1.82, 2.24) is 5.32 Å². The van der Waals surface area contributed by atoms with Gasteiger partial charge in [0.25, 0.3) is 0 Å². The first kappa shape index (κ1) is 14.5. The molecule has 1 N–H and O–H groups in total. The lowest BCUT2D eigenvalue weighted by atomic mass is 9.94. The Morgan fingerprint density at radius 1 is 1.00 bits per heavy atom. The zero-order valence-corrected chi connectivity index (χ0v) is 10.7. The van der Waals surface area contributed by atoms with E-state index in [4.69, 9.17) is 0 Å². The van der Waals surface area contributed by atoms with Crippen LogP contribution in [0.3, 0.4) is 0 Å². The highest BCUT2D eigenvalue weighted by molar-refractivity contribution is 5.39. The minimum atomic E-state index is -4.45. The molecule has 0 aliphatic heterocycles. The number of hydrogen-bond acceptors (Lipinski definition) is 1. The van der Waals surface area contributed by atoms with Crippen LogP contribution in [0.2, 0.25) is 0 Å². The normalized spacial score (nSPS) is 13.2. The van der Waals surface area contributed by atoms with Gasteiger partial charge in [-0.1, -0.05) is 30.3 Å². The molecule has 0 amide bonds. The molecule has 1 nitrogen and oxygen atoms in total. The first-order valence-corrected chi connectivity index (χ1v) is 6.02. The highest BCUT2D eigenvalue weighted by atomic mass is 19.4. The van der Waals surface area contributed by atoms with E-state index in [0.29, 0.717) is 5.56 Å². The van der Waals surface area contributed by atoms with Crippen molar-refractivity contribution in [2.75, 3.05) is 7.05 Å². The van der Waals surface area contributed by atoms with Crippen molar-refractivity contribution in [3.63, 3.8) is 0 Å². The van der Waals surface area contributed by atoms with Gasteiger partial charge in [-0.3, -0.25) is 0 Å². The summed E-state index contributed by atoms with van der Waals surface area (Å²) in [6, 6.07) is 10.1. The highest BCUT2D eigenvalue weighted by Crippen LogP contribution is 2.36. The van der Waals surface area contributed by atoms with Crippen LogP contribution in [0.5, 0.6) is 0 Å². The van der Waals surface area contributed by atoms with E-state index >= 15 is 0 Å². The molecule has 20 heavy (non-hydrogen) atoms. The molecule has 0 saturated heterocycles. The van der Waals surface area contributed by atoms with E-state index in [1.165, 1.54) is 36.4 Å². The molecular formula is C15H13F4N. The van der Waals surface area contributed by atoms with Crippen LogP contribution >= 0.6 is 0 Å². The van der Waals surface area contributed by atoms with E-state index in [9.17, 15) is 17.6 Å². The largest absolute Gasteiger partial charge is 0.416 e. The van der Waals surface area contributed by atoms with Gasteiger partial charge < -0.3 is 5.32 Å². The zero-order chi connectivity index (χ0) is 14.8. The van der Waals surface area contributed by atoms with Crippen LogP contribution < -0.4 is 5.32 Å². The summed E-state index contributed by atoms with van der Waals surface area (Å²) in [6.07, 6.45) is -4.45. The summed E-state index contributed by atoms with van der Waals surface area (Å²) in [5, 5.41) is 2.81. The van der Waals surface area contributed by atoms with Gasteiger partial charge in [0.2, 0.25) is 0 Å². The number of alkyl halides is 3. The van der Waals surface area contributed by atoms with Gasteiger partial charge in [0.15, 0.2) is 0 Å². The number of nitrogens with one attached hydrogen (secondary N) is 1. The topological polar surface area (TPSA) is 12.0 Å². The van der Waals surface area contributed by atoms with Crippen molar-refractivity contribution >= 4 is 0 Å². The number of hydrogen-bond donors (Lipinski definition) is 1. The average molecular weight is 283 g/mol. The first-order valence-electron chi connectivity index (χ1n) is 6.02. The molecule has 0 bridgehead atoms. The summed E-state index contributed by atoms with van der Waals surface area (Å²) < 4.78 is 52.4. The Hall–Kier alpha value is -1.88. The Kier molecular flexibility index (Phi) is 4.09. The summed E-state index contributed by atoms with van der Waals surface area (Å²) in [5.74, 6) is -0.479. The van der Waals surface area contributed by atoms with Crippen molar-refractivity contribution in [3.05, 3.63) is 71.0 Å². The maximum Gasteiger partial charge on any atom is 0.416 e. The fraction of sp³-hybridized carbons (Fsp3) is 0.200.